The molecule has 1 aromatic heterocycles. The van der Waals surface area contributed by atoms with Gasteiger partial charge in [0.25, 0.3) is 0 Å². The first-order valence-corrected chi connectivity index (χ1v) is 9.91. The van der Waals surface area contributed by atoms with E-state index in [-0.39, 0.29) is 18.3 Å². The van der Waals surface area contributed by atoms with Crippen molar-refractivity contribution in [2.75, 3.05) is 10.6 Å². The van der Waals surface area contributed by atoms with Crippen molar-refractivity contribution in [3.63, 3.8) is 0 Å². The molecule has 4 rings (SSSR count). The molecule has 0 aliphatic carbocycles. The molecule has 1 amide bonds. The van der Waals surface area contributed by atoms with Gasteiger partial charge in [-0.05, 0) is 54.1 Å². The zero-order valence-corrected chi connectivity index (χ0v) is 17.1. The Hall–Kier alpha value is -3.71. The van der Waals surface area contributed by atoms with E-state index in [1.54, 1.807) is 48.5 Å². The largest absolute Gasteiger partial charge is 0.365 e. The number of nitrogens with one attached hydrogen (secondary N) is 2. The van der Waals surface area contributed by atoms with E-state index < -0.39 is 5.69 Å². The predicted molar refractivity (Wildman–Crippen MR) is 120 cm³/mol. The lowest BCUT2D eigenvalue weighted by atomic mass is 10.2. The second-order valence-corrected chi connectivity index (χ2v) is 7.32. The summed E-state index contributed by atoms with van der Waals surface area (Å²) < 4.78 is 14.4. The first kappa shape index (κ1) is 20.6. The zero-order chi connectivity index (χ0) is 21.8. The van der Waals surface area contributed by atoms with E-state index in [4.69, 9.17) is 11.6 Å². The smallest absolute Gasteiger partial charge is 0.350 e. The quantitative estimate of drug-likeness (QED) is 0.468. The van der Waals surface area contributed by atoms with Gasteiger partial charge in [-0.3, -0.25) is 9.36 Å². The summed E-state index contributed by atoms with van der Waals surface area (Å²) in [5.41, 5.74) is 1.46. The molecule has 8 heteroatoms. The van der Waals surface area contributed by atoms with Gasteiger partial charge in [-0.25, -0.2) is 9.18 Å². The molecular formula is C23H18ClFN4O2. The molecule has 0 saturated heterocycles. The van der Waals surface area contributed by atoms with Crippen LogP contribution in [-0.4, -0.2) is 15.5 Å². The number of benzene rings is 3. The van der Waals surface area contributed by atoms with Gasteiger partial charge in [0.1, 0.15) is 18.2 Å². The zero-order valence-electron chi connectivity index (χ0n) is 16.3. The van der Waals surface area contributed by atoms with Crippen molar-refractivity contribution < 1.29 is 9.18 Å². The van der Waals surface area contributed by atoms with Crippen molar-refractivity contribution in [2.24, 2.45) is 0 Å². The first-order chi connectivity index (χ1) is 15.0. The highest BCUT2D eigenvalue weighted by Crippen LogP contribution is 2.20. The first-order valence-electron chi connectivity index (χ1n) is 9.53. The molecule has 0 atom stereocenters. The summed E-state index contributed by atoms with van der Waals surface area (Å²) >= 11 is 5.86. The SMILES string of the molecule is O=C(Cn1c(=O)nc(NCc2ccc(F)cc2)c2ccccc21)Nc1ccc(Cl)cc1. The summed E-state index contributed by atoms with van der Waals surface area (Å²) in [4.78, 5) is 29.3. The molecule has 0 radical (unpaired) electrons. The van der Waals surface area contributed by atoms with Gasteiger partial charge in [0.15, 0.2) is 0 Å². The summed E-state index contributed by atoms with van der Waals surface area (Å²) in [6, 6.07) is 20.0. The van der Waals surface area contributed by atoms with Crippen molar-refractivity contribution in [2.45, 2.75) is 13.1 Å². The summed E-state index contributed by atoms with van der Waals surface area (Å²) in [5, 5.41) is 7.13. The van der Waals surface area contributed by atoms with Gasteiger partial charge in [-0.2, -0.15) is 4.98 Å². The molecule has 0 spiro atoms. The van der Waals surface area contributed by atoms with Crippen LogP contribution in [0.25, 0.3) is 10.9 Å². The Morgan fingerprint density at radius 2 is 1.71 bits per heavy atom. The van der Waals surface area contributed by atoms with E-state index >= 15 is 0 Å². The number of carbonyl (C=O) groups excluding carboxylic acids is 1. The van der Waals surface area contributed by atoms with Gasteiger partial charge in [0.2, 0.25) is 5.91 Å². The van der Waals surface area contributed by atoms with Crippen molar-refractivity contribution in [3.05, 3.63) is 99.7 Å². The van der Waals surface area contributed by atoms with Crippen LogP contribution in [-0.2, 0) is 17.9 Å². The molecule has 0 aliphatic rings. The van der Waals surface area contributed by atoms with Crippen LogP contribution in [0.1, 0.15) is 5.56 Å². The molecule has 2 N–H and O–H groups in total. The van der Waals surface area contributed by atoms with E-state index in [9.17, 15) is 14.0 Å². The van der Waals surface area contributed by atoms with E-state index in [0.717, 1.165) is 5.56 Å². The number of para-hydroxylation sites is 1. The summed E-state index contributed by atoms with van der Waals surface area (Å²) in [6.07, 6.45) is 0. The van der Waals surface area contributed by atoms with Crippen LogP contribution in [0.4, 0.5) is 15.9 Å². The number of rotatable bonds is 6. The number of anilines is 2. The van der Waals surface area contributed by atoms with Gasteiger partial charge < -0.3 is 10.6 Å². The normalized spacial score (nSPS) is 10.8. The summed E-state index contributed by atoms with van der Waals surface area (Å²) in [6.45, 7) is 0.186. The van der Waals surface area contributed by atoms with Crippen molar-refractivity contribution in [1.82, 2.24) is 9.55 Å². The monoisotopic (exact) mass is 436 g/mol. The Morgan fingerprint density at radius 3 is 2.45 bits per heavy atom. The van der Waals surface area contributed by atoms with Crippen molar-refractivity contribution in [3.8, 4) is 0 Å². The number of carbonyl (C=O) groups is 1. The van der Waals surface area contributed by atoms with E-state index in [1.165, 1.54) is 16.7 Å². The van der Waals surface area contributed by atoms with Crippen LogP contribution >= 0.6 is 11.6 Å². The molecule has 4 aromatic rings. The molecule has 0 saturated carbocycles. The third-order valence-electron chi connectivity index (χ3n) is 4.69. The molecule has 3 aromatic carbocycles. The minimum atomic E-state index is -0.549. The molecule has 0 fully saturated rings. The fourth-order valence-corrected chi connectivity index (χ4v) is 3.31. The highest BCUT2D eigenvalue weighted by molar-refractivity contribution is 6.30. The Labute approximate surface area is 182 Å². The third kappa shape index (κ3) is 4.90. The van der Waals surface area contributed by atoms with Gasteiger partial charge in [-0.1, -0.05) is 35.9 Å². The van der Waals surface area contributed by atoms with Crippen LogP contribution in [0.15, 0.2) is 77.6 Å². The Morgan fingerprint density at radius 1 is 1.00 bits per heavy atom. The molecule has 1 heterocycles. The van der Waals surface area contributed by atoms with E-state index in [2.05, 4.69) is 15.6 Å². The highest BCUT2D eigenvalue weighted by atomic mass is 35.5. The average molecular weight is 437 g/mol. The number of amides is 1. The molecule has 6 nitrogen and oxygen atoms in total. The van der Waals surface area contributed by atoms with Crippen LogP contribution in [0.3, 0.4) is 0 Å². The lowest BCUT2D eigenvalue weighted by molar-refractivity contribution is -0.116. The second kappa shape index (κ2) is 8.97. The maximum Gasteiger partial charge on any atom is 0.350 e. The molecule has 31 heavy (non-hydrogen) atoms. The predicted octanol–water partition coefficient (Wildman–Crippen LogP) is 4.44. The number of nitrogens with zero attached hydrogens (tertiary/aromatic N) is 2. The lowest BCUT2D eigenvalue weighted by Crippen LogP contribution is -2.30. The number of hydrogen-bond acceptors (Lipinski definition) is 4. The van der Waals surface area contributed by atoms with Crippen LogP contribution in [0.5, 0.6) is 0 Å². The molecule has 0 aliphatic heterocycles. The third-order valence-corrected chi connectivity index (χ3v) is 4.94. The molecule has 156 valence electrons. The van der Waals surface area contributed by atoms with Crippen molar-refractivity contribution >= 4 is 39.9 Å². The highest BCUT2D eigenvalue weighted by Gasteiger charge is 2.13. The average Bonchev–Trinajstić information content (AvgIpc) is 2.77. The Bertz CT molecular complexity index is 1290. The van der Waals surface area contributed by atoms with E-state index in [1.807, 2.05) is 12.1 Å². The van der Waals surface area contributed by atoms with Crippen molar-refractivity contribution in [1.29, 1.82) is 0 Å². The second-order valence-electron chi connectivity index (χ2n) is 6.88. The number of fused-ring (bicyclic) bond motifs is 1. The maximum absolute atomic E-state index is 13.1. The minimum absolute atomic E-state index is 0.187. The Balaban J connectivity index is 1.58. The Kier molecular flexibility index (Phi) is 5.95. The van der Waals surface area contributed by atoms with Gasteiger partial charge in [0.05, 0.1) is 5.52 Å². The van der Waals surface area contributed by atoms with Gasteiger partial charge >= 0.3 is 5.69 Å². The van der Waals surface area contributed by atoms with Crippen LogP contribution in [0, 0.1) is 5.82 Å². The summed E-state index contributed by atoms with van der Waals surface area (Å²) in [5.74, 6) is -0.269. The van der Waals surface area contributed by atoms with E-state index in [0.29, 0.717) is 34.0 Å². The van der Waals surface area contributed by atoms with Gasteiger partial charge in [0, 0.05) is 22.6 Å². The van der Waals surface area contributed by atoms with Crippen LogP contribution < -0.4 is 16.3 Å². The topological polar surface area (TPSA) is 76.0 Å². The minimum Gasteiger partial charge on any atom is -0.365 e. The number of halogens is 2. The maximum atomic E-state index is 13.1. The standard InChI is InChI=1S/C23H18ClFN4O2/c24-16-7-11-18(12-8-16)27-21(30)14-29-20-4-2-1-3-19(20)22(28-23(29)31)26-13-15-5-9-17(25)10-6-15/h1-12H,13-14H2,(H,27,30)(H,26,28,31). The van der Waals surface area contributed by atoms with Gasteiger partial charge in [-0.15, -0.1) is 0 Å². The molecular weight excluding hydrogens is 419 g/mol. The fourth-order valence-electron chi connectivity index (χ4n) is 3.18. The number of hydrogen-bond donors (Lipinski definition) is 2. The molecule has 0 bridgehead atoms. The fraction of sp³-hybridized carbons (Fsp3) is 0.0870. The number of aromatic nitrogens is 2. The summed E-state index contributed by atoms with van der Waals surface area (Å²) in [7, 11) is 0. The molecule has 0 unspecified atom stereocenters. The van der Waals surface area contributed by atoms with Crippen LogP contribution in [0.2, 0.25) is 5.02 Å². The lowest BCUT2D eigenvalue weighted by Gasteiger charge is -2.14.